The molecule has 0 aliphatic rings. The first-order valence-corrected chi connectivity index (χ1v) is 7.25. The summed E-state index contributed by atoms with van der Waals surface area (Å²) in [5.41, 5.74) is 8.78. The van der Waals surface area contributed by atoms with Crippen molar-refractivity contribution in [2.45, 2.75) is 4.90 Å². The van der Waals surface area contributed by atoms with Gasteiger partial charge in [0.25, 0.3) is 0 Å². The summed E-state index contributed by atoms with van der Waals surface area (Å²) in [5, 5.41) is 0.953. The molecule has 4 rings (SSSR count). The van der Waals surface area contributed by atoms with Gasteiger partial charge in [0.05, 0.1) is 17.4 Å². The average molecular weight is 318 g/mol. The summed E-state index contributed by atoms with van der Waals surface area (Å²) in [6.07, 6.45) is 1.74. The van der Waals surface area contributed by atoms with Crippen molar-refractivity contribution in [3.8, 4) is 0 Å². The van der Waals surface area contributed by atoms with Crippen molar-refractivity contribution in [1.29, 1.82) is 0 Å². The molecule has 0 saturated heterocycles. The molecule has 0 bridgehead atoms. The molecule has 106 valence electrons. The Kier molecular flexibility index (Phi) is 3.76. The molecule has 2 heterocycles. The molecule has 0 radical (unpaired) electrons. The zero-order valence-corrected chi connectivity index (χ0v) is 12.5. The number of H-pyrrole nitrogens is 1. The van der Waals surface area contributed by atoms with Gasteiger partial charge in [-0.1, -0.05) is 6.07 Å². The highest BCUT2D eigenvalue weighted by molar-refractivity contribution is 7.80. The average Bonchev–Trinajstić information content (AvgIpc) is 3.08. The molecule has 3 N–H and O–H groups in total. The number of aromatic nitrogens is 3. The van der Waals surface area contributed by atoms with Crippen molar-refractivity contribution in [3.05, 3.63) is 48.4 Å². The van der Waals surface area contributed by atoms with Gasteiger partial charge in [0.15, 0.2) is 0 Å². The van der Waals surface area contributed by atoms with Crippen molar-refractivity contribution < 1.29 is 4.39 Å². The molecule has 0 aliphatic carbocycles. The Morgan fingerprint density at radius 2 is 2.05 bits per heavy atom. The Bertz CT molecular complexity index is 900. The molecule has 21 heavy (non-hydrogen) atoms. The van der Waals surface area contributed by atoms with E-state index in [1.54, 1.807) is 12.3 Å². The van der Waals surface area contributed by atoms with E-state index in [2.05, 4.69) is 26.4 Å². The summed E-state index contributed by atoms with van der Waals surface area (Å²) < 4.78 is 20.7. The number of thiol groups is 1. The largest absolute Gasteiger partial charge is 0.397 e. The number of hydrogen-bond donors (Lipinski definition) is 3. The fraction of sp³-hybridized carbons (Fsp3) is 0. The standard InChI is InChI=1S/C8H6FNS.C6H5N3S/c9-5-1-2-6-7(3-5)10-4-8(6)11;7-4-2-1-3-5-6(4)9-10-8-5/h1-4,10-11H;1-3H,7H2. The minimum atomic E-state index is -0.229. The number of benzene rings is 2. The van der Waals surface area contributed by atoms with Crippen LogP contribution in [0.5, 0.6) is 0 Å². The lowest BCUT2D eigenvalue weighted by atomic mass is 10.2. The van der Waals surface area contributed by atoms with Crippen molar-refractivity contribution >= 4 is 52.0 Å². The van der Waals surface area contributed by atoms with Crippen LogP contribution in [0.4, 0.5) is 10.1 Å². The fourth-order valence-corrected chi connectivity index (χ4v) is 2.73. The Labute approximate surface area is 129 Å². The number of nitrogen functional groups attached to an aromatic ring is 1. The van der Waals surface area contributed by atoms with E-state index in [9.17, 15) is 4.39 Å². The number of nitrogens with zero attached hydrogens (tertiary/aromatic N) is 2. The predicted octanol–water partition coefficient (Wildman–Crippen LogP) is 3.87. The topological polar surface area (TPSA) is 67.6 Å². The fourth-order valence-electron chi connectivity index (χ4n) is 1.91. The van der Waals surface area contributed by atoms with Crippen LogP contribution in [-0.4, -0.2) is 13.7 Å². The molecule has 4 nitrogen and oxygen atoms in total. The van der Waals surface area contributed by atoms with Crippen LogP contribution in [0.1, 0.15) is 0 Å². The molecule has 4 aromatic rings. The molecule has 0 atom stereocenters. The van der Waals surface area contributed by atoms with Gasteiger partial charge in [0.2, 0.25) is 0 Å². The highest BCUT2D eigenvalue weighted by Crippen LogP contribution is 2.21. The van der Waals surface area contributed by atoms with Gasteiger partial charge in [-0.05, 0) is 30.3 Å². The summed E-state index contributed by atoms with van der Waals surface area (Å²) in [6.45, 7) is 0. The number of nitrogens with one attached hydrogen (secondary N) is 1. The molecular formula is C14H11FN4S2. The first-order valence-electron chi connectivity index (χ1n) is 6.07. The predicted molar refractivity (Wildman–Crippen MR) is 87.3 cm³/mol. The molecule has 0 unspecified atom stereocenters. The second kappa shape index (κ2) is 5.71. The summed E-state index contributed by atoms with van der Waals surface area (Å²) in [7, 11) is 0. The number of hydrogen-bond acceptors (Lipinski definition) is 5. The Morgan fingerprint density at radius 3 is 2.86 bits per heavy atom. The third-order valence-corrected chi connectivity index (χ3v) is 3.85. The third-order valence-electron chi connectivity index (χ3n) is 2.94. The normalized spacial score (nSPS) is 10.6. The van der Waals surface area contributed by atoms with Crippen LogP contribution in [0.3, 0.4) is 0 Å². The van der Waals surface area contributed by atoms with E-state index in [4.69, 9.17) is 5.73 Å². The second-order valence-electron chi connectivity index (χ2n) is 4.34. The summed E-state index contributed by atoms with van der Waals surface area (Å²) in [5.74, 6) is -0.229. The molecule has 2 aromatic heterocycles. The van der Waals surface area contributed by atoms with Gasteiger partial charge in [-0.2, -0.15) is 8.75 Å². The van der Waals surface area contributed by atoms with E-state index in [1.165, 1.54) is 23.9 Å². The van der Waals surface area contributed by atoms with E-state index in [1.807, 2.05) is 18.2 Å². The summed E-state index contributed by atoms with van der Waals surface area (Å²) >= 11 is 5.37. The smallest absolute Gasteiger partial charge is 0.127 e. The van der Waals surface area contributed by atoms with Gasteiger partial charge in [-0.15, -0.1) is 12.6 Å². The van der Waals surface area contributed by atoms with Gasteiger partial charge < -0.3 is 10.7 Å². The van der Waals surface area contributed by atoms with Crippen LogP contribution in [0.25, 0.3) is 21.9 Å². The summed E-state index contributed by atoms with van der Waals surface area (Å²) in [6, 6.07) is 10.2. The van der Waals surface area contributed by atoms with E-state index in [0.717, 1.165) is 26.8 Å². The maximum Gasteiger partial charge on any atom is 0.127 e. The molecule has 7 heteroatoms. The van der Waals surface area contributed by atoms with E-state index in [-0.39, 0.29) is 5.82 Å². The van der Waals surface area contributed by atoms with Crippen molar-refractivity contribution in [1.82, 2.24) is 13.7 Å². The third kappa shape index (κ3) is 2.84. The Morgan fingerprint density at radius 1 is 1.19 bits per heavy atom. The van der Waals surface area contributed by atoms with Gasteiger partial charge >= 0.3 is 0 Å². The number of fused-ring (bicyclic) bond motifs is 2. The maximum absolute atomic E-state index is 12.6. The van der Waals surface area contributed by atoms with E-state index < -0.39 is 0 Å². The maximum atomic E-state index is 12.6. The molecular weight excluding hydrogens is 307 g/mol. The van der Waals surface area contributed by atoms with E-state index in [0.29, 0.717) is 5.69 Å². The molecule has 0 saturated carbocycles. The van der Waals surface area contributed by atoms with Crippen LogP contribution in [0, 0.1) is 5.82 Å². The first kappa shape index (κ1) is 13.8. The number of anilines is 1. The lowest BCUT2D eigenvalue weighted by Crippen LogP contribution is -1.84. The SMILES string of the molecule is Fc1ccc2c(S)c[nH]c2c1.Nc1cccc2nsnc12. The lowest BCUT2D eigenvalue weighted by Gasteiger charge is -1.89. The van der Waals surface area contributed by atoms with Gasteiger partial charge in [0, 0.05) is 22.0 Å². The van der Waals surface area contributed by atoms with E-state index >= 15 is 0 Å². The number of rotatable bonds is 0. The first-order chi connectivity index (χ1) is 10.1. The summed E-state index contributed by atoms with van der Waals surface area (Å²) in [4.78, 5) is 3.76. The highest BCUT2D eigenvalue weighted by Gasteiger charge is 2.00. The van der Waals surface area contributed by atoms with Crippen molar-refractivity contribution in [2.24, 2.45) is 0 Å². The van der Waals surface area contributed by atoms with Crippen molar-refractivity contribution in [2.75, 3.05) is 5.73 Å². The Hall–Kier alpha value is -2.12. The van der Waals surface area contributed by atoms with Crippen molar-refractivity contribution in [3.63, 3.8) is 0 Å². The Balaban J connectivity index is 0.000000126. The number of aromatic amines is 1. The monoisotopic (exact) mass is 318 g/mol. The van der Waals surface area contributed by atoms with Crippen LogP contribution in [-0.2, 0) is 0 Å². The van der Waals surface area contributed by atoms with Crippen LogP contribution in [0.2, 0.25) is 0 Å². The minimum Gasteiger partial charge on any atom is -0.397 e. The number of nitrogens with two attached hydrogens (primary N) is 1. The van der Waals surface area contributed by atoms with Gasteiger partial charge in [-0.3, -0.25) is 0 Å². The zero-order chi connectivity index (χ0) is 14.8. The molecule has 0 aliphatic heterocycles. The second-order valence-corrected chi connectivity index (χ2v) is 5.35. The van der Waals surface area contributed by atoms with Crippen LogP contribution >= 0.6 is 24.4 Å². The lowest BCUT2D eigenvalue weighted by molar-refractivity contribution is 0.629. The van der Waals surface area contributed by atoms with Gasteiger partial charge in [-0.25, -0.2) is 4.39 Å². The number of halogens is 1. The van der Waals surface area contributed by atoms with Crippen LogP contribution in [0.15, 0.2) is 47.5 Å². The molecule has 0 amide bonds. The zero-order valence-electron chi connectivity index (χ0n) is 10.7. The molecule has 2 aromatic carbocycles. The quantitative estimate of drug-likeness (QED) is 0.340. The minimum absolute atomic E-state index is 0.229. The highest BCUT2D eigenvalue weighted by atomic mass is 32.1. The van der Waals surface area contributed by atoms with Crippen LogP contribution < -0.4 is 5.73 Å². The van der Waals surface area contributed by atoms with Gasteiger partial charge in [0.1, 0.15) is 16.9 Å². The molecule has 0 fully saturated rings. The molecule has 0 spiro atoms.